The zero-order valence-corrected chi connectivity index (χ0v) is 20.5. The van der Waals surface area contributed by atoms with Gasteiger partial charge in [-0.15, -0.1) is 0 Å². The number of aromatic nitrogens is 3. The summed E-state index contributed by atoms with van der Waals surface area (Å²) in [5.41, 5.74) is 1.92. The van der Waals surface area contributed by atoms with Gasteiger partial charge in [0.15, 0.2) is 5.69 Å². The van der Waals surface area contributed by atoms with Gasteiger partial charge in [0.25, 0.3) is 11.5 Å². The standard InChI is InChI=1S/C29H29N5O3/c35-27(31-17-13-23-10-6-7-16-30-23)22-14-18-33(19-15-22)29(37)26-24-11-4-5-12-25(24)28(36)34(32-26)20-21-8-2-1-3-9-21/h1-12,16,22H,13-15,17-20H2,(H,31,35). The van der Waals surface area contributed by atoms with Crippen molar-refractivity contribution in [1.82, 2.24) is 25.0 Å². The summed E-state index contributed by atoms with van der Waals surface area (Å²) in [7, 11) is 0. The van der Waals surface area contributed by atoms with E-state index in [1.807, 2.05) is 54.6 Å². The van der Waals surface area contributed by atoms with Gasteiger partial charge in [-0.2, -0.15) is 5.10 Å². The molecule has 2 aromatic heterocycles. The van der Waals surface area contributed by atoms with E-state index in [2.05, 4.69) is 15.4 Å². The molecule has 0 bridgehead atoms. The van der Waals surface area contributed by atoms with Crippen LogP contribution in [0.25, 0.3) is 10.8 Å². The van der Waals surface area contributed by atoms with E-state index in [0.717, 1.165) is 11.3 Å². The highest BCUT2D eigenvalue weighted by Crippen LogP contribution is 2.21. The monoisotopic (exact) mass is 495 g/mol. The highest BCUT2D eigenvalue weighted by Gasteiger charge is 2.29. The van der Waals surface area contributed by atoms with Crippen LogP contribution in [0.3, 0.4) is 0 Å². The zero-order chi connectivity index (χ0) is 25.6. The van der Waals surface area contributed by atoms with Crippen LogP contribution in [0.15, 0.2) is 83.8 Å². The lowest BCUT2D eigenvalue weighted by atomic mass is 9.95. The molecule has 0 spiro atoms. The molecule has 188 valence electrons. The van der Waals surface area contributed by atoms with Gasteiger partial charge in [-0.3, -0.25) is 19.4 Å². The minimum absolute atomic E-state index is 0.0167. The normalized spacial score (nSPS) is 14.0. The molecule has 0 aliphatic carbocycles. The minimum atomic E-state index is -0.225. The first-order chi connectivity index (χ1) is 18.1. The summed E-state index contributed by atoms with van der Waals surface area (Å²) in [5, 5.41) is 8.55. The van der Waals surface area contributed by atoms with E-state index in [-0.39, 0.29) is 35.5 Å². The fraction of sp³-hybridized carbons (Fsp3) is 0.276. The molecule has 1 saturated heterocycles. The maximum absolute atomic E-state index is 13.6. The third kappa shape index (κ3) is 5.58. The second-order valence-corrected chi connectivity index (χ2v) is 9.27. The van der Waals surface area contributed by atoms with Crippen molar-refractivity contribution < 1.29 is 9.59 Å². The number of nitrogens with one attached hydrogen (secondary N) is 1. The van der Waals surface area contributed by atoms with E-state index in [1.165, 1.54) is 4.68 Å². The van der Waals surface area contributed by atoms with Crippen molar-refractivity contribution >= 4 is 22.6 Å². The SMILES string of the molecule is O=C(NCCc1ccccn1)C1CCN(C(=O)c2nn(Cc3ccccc3)c(=O)c3ccccc23)CC1. The number of fused-ring (bicyclic) bond motifs is 1. The molecule has 8 nitrogen and oxygen atoms in total. The lowest BCUT2D eigenvalue weighted by Crippen LogP contribution is -2.44. The molecule has 1 aliphatic rings. The number of carbonyl (C=O) groups excluding carboxylic acids is 2. The summed E-state index contributed by atoms with van der Waals surface area (Å²) < 4.78 is 1.37. The molecule has 0 radical (unpaired) electrons. The van der Waals surface area contributed by atoms with E-state index in [4.69, 9.17) is 0 Å². The number of hydrogen-bond donors (Lipinski definition) is 1. The number of hydrogen-bond acceptors (Lipinski definition) is 5. The Morgan fingerprint density at radius 1 is 0.892 bits per heavy atom. The van der Waals surface area contributed by atoms with Crippen molar-refractivity contribution in [1.29, 1.82) is 0 Å². The Morgan fingerprint density at radius 3 is 2.32 bits per heavy atom. The minimum Gasteiger partial charge on any atom is -0.355 e. The number of pyridine rings is 1. The second-order valence-electron chi connectivity index (χ2n) is 9.27. The van der Waals surface area contributed by atoms with Crippen LogP contribution < -0.4 is 10.9 Å². The summed E-state index contributed by atoms with van der Waals surface area (Å²) in [6, 6.07) is 22.4. The predicted octanol–water partition coefficient (Wildman–Crippen LogP) is 3.05. The summed E-state index contributed by atoms with van der Waals surface area (Å²) in [5.74, 6) is -0.334. The number of benzene rings is 2. The maximum atomic E-state index is 13.6. The molecule has 2 aromatic carbocycles. The van der Waals surface area contributed by atoms with Crippen molar-refractivity contribution in [3.8, 4) is 0 Å². The molecule has 2 amide bonds. The highest BCUT2D eigenvalue weighted by atomic mass is 16.2. The van der Waals surface area contributed by atoms with Crippen molar-refractivity contribution in [2.75, 3.05) is 19.6 Å². The van der Waals surface area contributed by atoms with Crippen molar-refractivity contribution in [3.05, 3.63) is 106 Å². The molecule has 1 fully saturated rings. The third-order valence-electron chi connectivity index (χ3n) is 6.80. The fourth-order valence-electron chi connectivity index (χ4n) is 4.76. The maximum Gasteiger partial charge on any atom is 0.274 e. The van der Waals surface area contributed by atoms with Gasteiger partial charge in [0, 0.05) is 49.2 Å². The fourth-order valence-corrected chi connectivity index (χ4v) is 4.76. The number of rotatable bonds is 7. The topological polar surface area (TPSA) is 97.2 Å². The van der Waals surface area contributed by atoms with Crippen LogP contribution in [0.2, 0.25) is 0 Å². The quantitative estimate of drug-likeness (QED) is 0.425. The Balaban J connectivity index is 1.27. The van der Waals surface area contributed by atoms with Crippen LogP contribution in [-0.4, -0.2) is 51.1 Å². The van der Waals surface area contributed by atoms with Gasteiger partial charge in [-0.05, 0) is 36.6 Å². The van der Waals surface area contributed by atoms with Gasteiger partial charge in [-0.1, -0.05) is 54.6 Å². The molecule has 1 N–H and O–H groups in total. The number of likely N-dealkylation sites (tertiary alicyclic amines) is 1. The number of amides is 2. The molecular weight excluding hydrogens is 466 g/mol. The largest absolute Gasteiger partial charge is 0.355 e. The van der Waals surface area contributed by atoms with E-state index in [9.17, 15) is 14.4 Å². The Hall–Kier alpha value is -4.33. The second kappa shape index (κ2) is 11.2. The van der Waals surface area contributed by atoms with Crippen molar-refractivity contribution in [2.45, 2.75) is 25.8 Å². The van der Waals surface area contributed by atoms with E-state index in [0.29, 0.717) is 49.7 Å². The molecule has 5 rings (SSSR count). The molecule has 0 saturated carbocycles. The van der Waals surface area contributed by atoms with Crippen molar-refractivity contribution in [3.63, 3.8) is 0 Å². The first-order valence-corrected chi connectivity index (χ1v) is 12.6. The van der Waals surface area contributed by atoms with Crippen molar-refractivity contribution in [2.24, 2.45) is 5.92 Å². The van der Waals surface area contributed by atoms with Gasteiger partial charge in [0.2, 0.25) is 5.91 Å². The van der Waals surface area contributed by atoms with Gasteiger partial charge in [0.1, 0.15) is 0 Å². The average Bonchev–Trinajstić information content (AvgIpc) is 2.95. The molecule has 8 heteroatoms. The summed E-state index contributed by atoms with van der Waals surface area (Å²) in [6.07, 6.45) is 3.60. The summed E-state index contributed by atoms with van der Waals surface area (Å²) in [4.78, 5) is 45.4. The predicted molar refractivity (Wildman–Crippen MR) is 141 cm³/mol. The Labute approximate surface area is 215 Å². The van der Waals surface area contributed by atoms with Gasteiger partial charge >= 0.3 is 0 Å². The smallest absolute Gasteiger partial charge is 0.274 e. The molecular formula is C29H29N5O3. The molecule has 0 unspecified atom stereocenters. The third-order valence-corrected chi connectivity index (χ3v) is 6.80. The average molecular weight is 496 g/mol. The number of carbonyl (C=O) groups is 2. The van der Waals surface area contributed by atoms with Gasteiger partial charge in [-0.25, -0.2) is 4.68 Å². The highest BCUT2D eigenvalue weighted by molar-refractivity contribution is 6.04. The Bertz CT molecular complexity index is 1450. The van der Waals surface area contributed by atoms with E-state index >= 15 is 0 Å². The first kappa shape index (κ1) is 24.4. The van der Waals surface area contributed by atoms with Gasteiger partial charge < -0.3 is 10.2 Å². The zero-order valence-electron chi connectivity index (χ0n) is 20.5. The lowest BCUT2D eigenvalue weighted by Gasteiger charge is -2.31. The van der Waals surface area contributed by atoms with Crippen LogP contribution in [0, 0.1) is 5.92 Å². The molecule has 37 heavy (non-hydrogen) atoms. The summed E-state index contributed by atoms with van der Waals surface area (Å²) >= 11 is 0. The molecule has 0 atom stereocenters. The van der Waals surface area contributed by atoms with E-state index in [1.54, 1.807) is 29.3 Å². The van der Waals surface area contributed by atoms with Crippen LogP contribution in [0.4, 0.5) is 0 Å². The number of piperidine rings is 1. The summed E-state index contributed by atoms with van der Waals surface area (Å²) in [6.45, 7) is 1.75. The first-order valence-electron chi connectivity index (χ1n) is 12.6. The lowest BCUT2D eigenvalue weighted by molar-refractivity contribution is -0.126. The Morgan fingerprint density at radius 2 is 1.59 bits per heavy atom. The molecule has 4 aromatic rings. The van der Waals surface area contributed by atoms with Gasteiger partial charge in [0.05, 0.1) is 11.9 Å². The molecule has 3 heterocycles. The van der Waals surface area contributed by atoms with Crippen LogP contribution >= 0.6 is 0 Å². The van der Waals surface area contributed by atoms with Crippen LogP contribution in [0.1, 0.15) is 34.6 Å². The van der Waals surface area contributed by atoms with Crippen LogP contribution in [-0.2, 0) is 17.8 Å². The van der Waals surface area contributed by atoms with Crippen LogP contribution in [0.5, 0.6) is 0 Å². The Kier molecular flexibility index (Phi) is 7.35. The number of nitrogens with zero attached hydrogens (tertiary/aromatic N) is 4. The van der Waals surface area contributed by atoms with E-state index < -0.39 is 0 Å². The molecule has 1 aliphatic heterocycles.